The molecule has 5 N–H and O–H groups in total. The molecule has 0 aromatic carbocycles. The van der Waals surface area contributed by atoms with Gasteiger partial charge in [-0.25, -0.2) is 9.97 Å². The minimum absolute atomic E-state index is 0.0990. The lowest BCUT2D eigenvalue weighted by atomic mass is 10.0. The Hall–Kier alpha value is -2.44. The van der Waals surface area contributed by atoms with Crippen LogP contribution < -0.4 is 10.6 Å². The van der Waals surface area contributed by atoms with Crippen LogP contribution in [0, 0.1) is 19.8 Å². The molecule has 4 unspecified atom stereocenters. The predicted molar refractivity (Wildman–Crippen MR) is 130 cm³/mol. The molecule has 4 atom stereocenters. The molecule has 1 aliphatic carbocycles. The average molecular weight is 487 g/mol. The third-order valence-electron chi connectivity index (χ3n) is 6.69. The molecule has 34 heavy (non-hydrogen) atoms. The Morgan fingerprint density at radius 1 is 1.21 bits per heavy atom. The molecule has 182 valence electrons. The number of rotatable bonds is 6. The largest absolute Gasteiger partial charge is 0.396 e. The first-order chi connectivity index (χ1) is 16.4. The number of anilines is 2. The topological polar surface area (TPSA) is 146 Å². The smallest absolute Gasteiger partial charge is 0.225 e. The summed E-state index contributed by atoms with van der Waals surface area (Å²) in [5, 5.41) is 38.7. The summed E-state index contributed by atoms with van der Waals surface area (Å²) in [5.74, 6) is 0.404. The van der Waals surface area contributed by atoms with Crippen LogP contribution in [0.25, 0.3) is 20.8 Å². The van der Waals surface area contributed by atoms with E-state index in [1.807, 2.05) is 19.9 Å². The summed E-state index contributed by atoms with van der Waals surface area (Å²) in [6, 6.07) is 2.02. The lowest BCUT2D eigenvalue weighted by Gasteiger charge is -2.31. The number of aromatic nitrogens is 4. The fourth-order valence-electron chi connectivity index (χ4n) is 4.74. The van der Waals surface area contributed by atoms with Crippen molar-refractivity contribution in [2.24, 2.45) is 5.92 Å². The lowest BCUT2D eigenvalue weighted by molar-refractivity contribution is -0.0545. The molecular weight excluding hydrogens is 456 g/mol. The Labute approximate surface area is 201 Å². The number of ether oxygens (including phenoxy) is 1. The van der Waals surface area contributed by atoms with E-state index in [1.165, 1.54) is 11.3 Å². The lowest BCUT2D eigenvalue weighted by Crippen LogP contribution is -2.48. The highest BCUT2D eigenvalue weighted by atomic mass is 32.1. The van der Waals surface area contributed by atoms with E-state index < -0.39 is 17.7 Å². The van der Waals surface area contributed by atoms with Gasteiger partial charge in [-0.3, -0.25) is 4.98 Å². The van der Waals surface area contributed by atoms with Crippen molar-refractivity contribution in [3.05, 3.63) is 23.7 Å². The Morgan fingerprint density at radius 2 is 2.06 bits per heavy atom. The fraction of sp³-hybridized carbons (Fsp3) is 0.565. The number of aryl methyl sites for hydroxylation is 2. The maximum Gasteiger partial charge on any atom is 0.225 e. The summed E-state index contributed by atoms with van der Waals surface area (Å²) in [6.45, 7) is 4.94. The molecule has 1 saturated heterocycles. The number of aliphatic hydroxyl groups is 3. The maximum atomic E-state index is 11.3. The molecule has 2 fully saturated rings. The van der Waals surface area contributed by atoms with E-state index in [-0.39, 0.29) is 19.1 Å². The van der Waals surface area contributed by atoms with Crippen molar-refractivity contribution in [3.63, 3.8) is 0 Å². The van der Waals surface area contributed by atoms with Crippen molar-refractivity contribution in [1.82, 2.24) is 19.9 Å². The first-order valence-corrected chi connectivity index (χ1v) is 12.4. The van der Waals surface area contributed by atoms with E-state index in [2.05, 4.69) is 15.6 Å². The van der Waals surface area contributed by atoms with Crippen LogP contribution in [0.4, 0.5) is 11.8 Å². The zero-order chi connectivity index (χ0) is 23.9. The second-order valence-electron chi connectivity index (χ2n) is 9.15. The van der Waals surface area contributed by atoms with Crippen LogP contribution in [0.5, 0.6) is 0 Å². The van der Waals surface area contributed by atoms with Crippen molar-refractivity contribution in [2.45, 2.75) is 57.4 Å². The molecule has 0 amide bonds. The number of thiazole rings is 1. The number of fused-ring (bicyclic) bond motifs is 1. The van der Waals surface area contributed by atoms with Crippen molar-refractivity contribution in [2.75, 3.05) is 30.5 Å². The molecule has 4 heterocycles. The number of aliphatic hydroxyl groups excluding tert-OH is 2. The molecule has 0 radical (unpaired) electrons. The third-order valence-corrected chi connectivity index (χ3v) is 7.73. The molecule has 5 rings (SSSR count). The van der Waals surface area contributed by atoms with Gasteiger partial charge < -0.3 is 30.7 Å². The molecule has 0 spiro atoms. The Balaban J connectivity index is 1.57. The van der Waals surface area contributed by atoms with Crippen molar-refractivity contribution in [1.29, 1.82) is 0 Å². The minimum atomic E-state index is -1.62. The van der Waals surface area contributed by atoms with Gasteiger partial charge in [0.05, 0.1) is 34.3 Å². The molecule has 10 nitrogen and oxygen atoms in total. The van der Waals surface area contributed by atoms with Gasteiger partial charge in [0.1, 0.15) is 22.4 Å². The molecule has 0 bridgehead atoms. The first kappa shape index (κ1) is 23.3. The van der Waals surface area contributed by atoms with E-state index in [0.717, 1.165) is 35.4 Å². The molecule has 3 aromatic rings. The Morgan fingerprint density at radius 3 is 2.76 bits per heavy atom. The normalized spacial score (nSPS) is 27.3. The SMILES string of the molecule is Cc1nc(NC2CCCOC2)nc(NC2(O)CCC(CO)C2O)c1-c1nc2c(C)nccc2s1. The number of nitrogens with zero attached hydrogens (tertiary/aromatic N) is 4. The highest BCUT2D eigenvalue weighted by molar-refractivity contribution is 7.21. The zero-order valence-corrected chi connectivity index (χ0v) is 20.1. The summed E-state index contributed by atoms with van der Waals surface area (Å²) in [4.78, 5) is 18.6. The Kier molecular flexibility index (Phi) is 6.38. The standard InChI is InChI=1S/C23H30N6O4S/c1-12-17(21-27-18-13(2)24-8-6-16(18)34-21)20(29-23(32)7-5-14(10-30)19(23)31)28-22(25-12)26-15-4-3-9-33-11-15/h6,8,14-15,19,30-32H,3-5,7,9-11H2,1-2H3,(H2,25,26,28,29). The quantitative estimate of drug-likeness (QED) is 0.329. The summed E-state index contributed by atoms with van der Waals surface area (Å²) < 4.78 is 6.56. The third kappa shape index (κ3) is 4.34. The maximum absolute atomic E-state index is 11.3. The number of nitrogens with one attached hydrogen (secondary N) is 2. The number of pyridine rings is 1. The van der Waals surface area contributed by atoms with E-state index in [4.69, 9.17) is 19.7 Å². The summed E-state index contributed by atoms with van der Waals surface area (Å²) >= 11 is 1.50. The Bertz CT molecular complexity index is 1180. The second-order valence-corrected chi connectivity index (χ2v) is 10.2. The van der Waals surface area contributed by atoms with Crippen LogP contribution in [-0.4, -0.2) is 72.9 Å². The monoisotopic (exact) mass is 486 g/mol. The van der Waals surface area contributed by atoms with Gasteiger partial charge in [-0.15, -0.1) is 11.3 Å². The zero-order valence-electron chi connectivity index (χ0n) is 19.3. The van der Waals surface area contributed by atoms with Crippen molar-refractivity contribution >= 4 is 33.3 Å². The second kappa shape index (κ2) is 9.31. The molecule has 1 saturated carbocycles. The summed E-state index contributed by atoms with van der Waals surface area (Å²) in [5.41, 5.74) is 1.38. The van der Waals surface area contributed by atoms with Gasteiger partial charge >= 0.3 is 0 Å². The summed E-state index contributed by atoms with van der Waals surface area (Å²) in [6.07, 6.45) is 3.33. The van der Waals surface area contributed by atoms with Crippen molar-refractivity contribution in [3.8, 4) is 10.6 Å². The van der Waals surface area contributed by atoms with Gasteiger partial charge in [-0.05, 0) is 45.6 Å². The molecule has 11 heteroatoms. The number of hydrogen-bond acceptors (Lipinski definition) is 11. The van der Waals surface area contributed by atoms with Crippen LogP contribution in [0.15, 0.2) is 12.3 Å². The van der Waals surface area contributed by atoms with Gasteiger partial charge in [0, 0.05) is 25.3 Å². The van der Waals surface area contributed by atoms with Crippen LogP contribution in [-0.2, 0) is 4.74 Å². The van der Waals surface area contributed by atoms with Gasteiger partial charge in [0.15, 0.2) is 5.72 Å². The predicted octanol–water partition coefficient (Wildman–Crippen LogP) is 2.22. The first-order valence-electron chi connectivity index (χ1n) is 11.6. The number of hydrogen-bond donors (Lipinski definition) is 5. The van der Waals surface area contributed by atoms with Gasteiger partial charge in [-0.2, -0.15) is 4.98 Å². The van der Waals surface area contributed by atoms with Gasteiger partial charge in [0.25, 0.3) is 0 Å². The minimum Gasteiger partial charge on any atom is -0.396 e. The summed E-state index contributed by atoms with van der Waals surface area (Å²) in [7, 11) is 0. The van der Waals surface area contributed by atoms with Crippen LogP contribution >= 0.6 is 11.3 Å². The van der Waals surface area contributed by atoms with Gasteiger partial charge in [0.2, 0.25) is 5.95 Å². The van der Waals surface area contributed by atoms with Crippen LogP contribution in [0.3, 0.4) is 0 Å². The van der Waals surface area contributed by atoms with E-state index in [0.29, 0.717) is 41.1 Å². The fourth-order valence-corrected chi connectivity index (χ4v) is 5.85. The highest BCUT2D eigenvalue weighted by Crippen LogP contribution is 2.41. The van der Waals surface area contributed by atoms with Gasteiger partial charge in [-0.1, -0.05) is 0 Å². The van der Waals surface area contributed by atoms with E-state index in [9.17, 15) is 15.3 Å². The molecule has 2 aliphatic rings. The van der Waals surface area contributed by atoms with E-state index in [1.54, 1.807) is 6.20 Å². The van der Waals surface area contributed by atoms with Crippen molar-refractivity contribution < 1.29 is 20.1 Å². The molecule has 3 aromatic heterocycles. The van der Waals surface area contributed by atoms with E-state index >= 15 is 0 Å². The van der Waals surface area contributed by atoms with Crippen LogP contribution in [0.1, 0.15) is 37.1 Å². The molecule has 1 aliphatic heterocycles. The highest BCUT2D eigenvalue weighted by Gasteiger charge is 2.47. The molecular formula is C23H30N6O4S. The average Bonchev–Trinajstić information content (AvgIpc) is 3.36. The van der Waals surface area contributed by atoms with Crippen LogP contribution in [0.2, 0.25) is 0 Å².